The van der Waals surface area contributed by atoms with Gasteiger partial charge in [0.1, 0.15) is 5.82 Å². The lowest BCUT2D eigenvalue weighted by Crippen LogP contribution is -2.55. The van der Waals surface area contributed by atoms with Crippen LogP contribution in [0.5, 0.6) is 0 Å². The summed E-state index contributed by atoms with van der Waals surface area (Å²) in [6, 6.07) is 6.52. The maximum atomic E-state index is 10.6. The number of alkyl halides is 6. The van der Waals surface area contributed by atoms with E-state index in [1.54, 1.807) is 22.7 Å². The molecule has 0 aromatic carbocycles. The smallest absolute Gasteiger partial charge is 0.475 e. The van der Waals surface area contributed by atoms with Crippen molar-refractivity contribution in [3.63, 3.8) is 0 Å². The fourth-order valence-electron chi connectivity index (χ4n) is 4.50. The van der Waals surface area contributed by atoms with Crippen LogP contribution in [0.15, 0.2) is 34.3 Å². The van der Waals surface area contributed by atoms with Crippen molar-refractivity contribution in [1.29, 1.82) is 0 Å². The van der Waals surface area contributed by atoms with Crippen LogP contribution in [-0.4, -0.2) is 85.8 Å². The van der Waals surface area contributed by atoms with Crippen molar-refractivity contribution in [1.82, 2.24) is 24.6 Å². The summed E-state index contributed by atoms with van der Waals surface area (Å²) >= 11 is 3.55. The molecule has 1 fully saturated rings. The third-order valence-corrected chi connectivity index (χ3v) is 7.78. The number of carbonyl (C=O) groups is 2. The van der Waals surface area contributed by atoms with E-state index in [4.69, 9.17) is 19.8 Å². The fraction of sp³-hybridized carbons (Fsp3) is 0.478. The molecule has 0 unspecified atom stereocenters. The number of halogens is 6. The van der Waals surface area contributed by atoms with E-state index in [-0.39, 0.29) is 5.54 Å². The van der Waals surface area contributed by atoms with Crippen LogP contribution in [-0.2, 0) is 28.2 Å². The van der Waals surface area contributed by atoms with Gasteiger partial charge < -0.3 is 14.8 Å². The maximum Gasteiger partial charge on any atom is 0.490 e. The predicted octanol–water partition coefficient (Wildman–Crippen LogP) is 4.77. The Hall–Kier alpha value is -3.02. The molecule has 5 rings (SSSR count). The average Bonchev–Trinajstić information content (AvgIpc) is 3.62. The molecule has 9 nitrogen and oxygen atoms in total. The van der Waals surface area contributed by atoms with Gasteiger partial charge in [-0.2, -0.15) is 37.7 Å². The Morgan fingerprint density at radius 2 is 1.60 bits per heavy atom. The molecule has 220 valence electrons. The van der Waals surface area contributed by atoms with Crippen LogP contribution in [0.2, 0.25) is 0 Å². The van der Waals surface area contributed by atoms with Gasteiger partial charge in [0.05, 0.1) is 17.0 Å². The molecule has 2 aliphatic heterocycles. The summed E-state index contributed by atoms with van der Waals surface area (Å²) in [5, 5.41) is 30.0. The van der Waals surface area contributed by atoms with Crippen molar-refractivity contribution in [2.75, 3.05) is 26.7 Å². The molecular formula is C23H25F6N5O4S2. The van der Waals surface area contributed by atoms with Crippen LogP contribution in [0.3, 0.4) is 0 Å². The number of rotatable bonds is 3. The molecule has 2 N–H and O–H groups in total. The van der Waals surface area contributed by atoms with Crippen molar-refractivity contribution in [2.45, 2.75) is 43.8 Å². The molecule has 3 aromatic rings. The first-order valence-corrected chi connectivity index (χ1v) is 13.5. The van der Waals surface area contributed by atoms with Crippen LogP contribution >= 0.6 is 22.7 Å². The molecule has 1 saturated heterocycles. The number of aromatic nitrogens is 3. The van der Waals surface area contributed by atoms with E-state index in [0.717, 1.165) is 57.2 Å². The quantitative estimate of drug-likeness (QED) is 0.407. The largest absolute Gasteiger partial charge is 0.490 e. The van der Waals surface area contributed by atoms with Gasteiger partial charge in [-0.1, -0.05) is 6.07 Å². The zero-order chi connectivity index (χ0) is 29.7. The van der Waals surface area contributed by atoms with Crippen molar-refractivity contribution in [3.8, 4) is 10.7 Å². The van der Waals surface area contributed by atoms with E-state index < -0.39 is 24.3 Å². The Kier molecular flexibility index (Phi) is 9.97. The van der Waals surface area contributed by atoms with Gasteiger partial charge in [0, 0.05) is 26.2 Å². The second-order valence-electron chi connectivity index (χ2n) is 9.16. The lowest BCUT2D eigenvalue weighted by Gasteiger charge is -2.48. The first-order valence-electron chi connectivity index (χ1n) is 11.6. The molecule has 0 aliphatic carbocycles. The van der Waals surface area contributed by atoms with E-state index in [1.165, 1.54) is 10.4 Å². The minimum atomic E-state index is -5.08. The van der Waals surface area contributed by atoms with Crippen molar-refractivity contribution >= 4 is 34.6 Å². The summed E-state index contributed by atoms with van der Waals surface area (Å²) in [4.78, 5) is 24.0. The minimum Gasteiger partial charge on any atom is -0.475 e. The third-order valence-electron chi connectivity index (χ3n) is 6.18. The van der Waals surface area contributed by atoms with Gasteiger partial charge in [-0.05, 0) is 53.7 Å². The SMILES string of the molecule is CN1Cc2nnc(-c3cccs3)n2C2(CCN(Cc3ccsc3)CC2)C1.O=C(O)C(F)(F)F.O=C(O)C(F)(F)F. The van der Waals surface area contributed by atoms with Crippen molar-refractivity contribution < 1.29 is 46.1 Å². The Morgan fingerprint density at radius 1 is 1.00 bits per heavy atom. The number of carboxylic acid groups (broad SMARTS) is 2. The molecule has 5 heterocycles. The molecule has 0 amide bonds. The highest BCUT2D eigenvalue weighted by Gasteiger charge is 2.43. The van der Waals surface area contributed by atoms with Gasteiger partial charge in [-0.15, -0.1) is 21.5 Å². The van der Waals surface area contributed by atoms with E-state index in [0.29, 0.717) is 0 Å². The predicted molar refractivity (Wildman–Crippen MR) is 134 cm³/mol. The van der Waals surface area contributed by atoms with Gasteiger partial charge in [-0.3, -0.25) is 9.80 Å². The number of likely N-dealkylation sites (tertiary alicyclic amines) is 1. The summed E-state index contributed by atoms with van der Waals surface area (Å²) in [5.41, 5.74) is 1.56. The Balaban J connectivity index is 0.000000263. The molecule has 2 aliphatic rings. The number of likely N-dealkylation sites (N-methyl/N-ethyl adjacent to an activating group) is 1. The Morgan fingerprint density at radius 3 is 2.08 bits per heavy atom. The highest BCUT2D eigenvalue weighted by molar-refractivity contribution is 7.13. The molecule has 1 spiro atoms. The lowest BCUT2D eigenvalue weighted by molar-refractivity contribution is -0.193. The highest BCUT2D eigenvalue weighted by atomic mass is 32.1. The summed E-state index contributed by atoms with van der Waals surface area (Å²) in [5.74, 6) is -3.33. The standard InChI is InChI=1S/C19H23N5S2.2C2HF3O2/c1-22-12-17-20-21-18(16-3-2-9-26-16)24(17)19(14-22)5-7-23(8-6-19)11-15-4-10-25-13-15;2*3-2(4,5)1(6)7/h2-4,9-10,13H,5-8,11-12,14H2,1H3;2*(H,6,7). The summed E-state index contributed by atoms with van der Waals surface area (Å²) in [6.07, 6.45) is -7.85. The zero-order valence-electron chi connectivity index (χ0n) is 20.9. The zero-order valence-corrected chi connectivity index (χ0v) is 22.6. The molecular weight excluding hydrogens is 588 g/mol. The number of aliphatic carboxylic acids is 2. The topological polar surface area (TPSA) is 112 Å². The average molecular weight is 614 g/mol. The van der Waals surface area contributed by atoms with E-state index in [1.807, 2.05) is 0 Å². The van der Waals surface area contributed by atoms with Crippen molar-refractivity contribution in [3.05, 3.63) is 45.7 Å². The number of carboxylic acids is 2. The fourth-order valence-corrected chi connectivity index (χ4v) is 5.86. The molecule has 0 atom stereocenters. The molecule has 0 saturated carbocycles. The second-order valence-corrected chi connectivity index (χ2v) is 10.9. The van der Waals surface area contributed by atoms with E-state index in [2.05, 4.69) is 66.0 Å². The van der Waals surface area contributed by atoms with Crippen LogP contribution < -0.4 is 0 Å². The number of hydrogen-bond acceptors (Lipinski definition) is 8. The van der Waals surface area contributed by atoms with Crippen molar-refractivity contribution in [2.24, 2.45) is 0 Å². The number of hydrogen-bond donors (Lipinski definition) is 2. The summed E-state index contributed by atoms with van der Waals surface area (Å²) in [6.45, 7) is 5.31. The maximum absolute atomic E-state index is 10.6. The van der Waals surface area contributed by atoms with Crippen LogP contribution in [0.1, 0.15) is 24.2 Å². The van der Waals surface area contributed by atoms with E-state index >= 15 is 0 Å². The second kappa shape index (κ2) is 12.7. The van der Waals surface area contributed by atoms with Gasteiger partial charge in [-0.25, -0.2) is 9.59 Å². The monoisotopic (exact) mass is 613 g/mol. The van der Waals surface area contributed by atoms with E-state index in [9.17, 15) is 26.3 Å². The first kappa shape index (κ1) is 31.5. The molecule has 40 heavy (non-hydrogen) atoms. The third kappa shape index (κ3) is 8.02. The van der Waals surface area contributed by atoms with Crippen LogP contribution in [0.25, 0.3) is 10.7 Å². The first-order chi connectivity index (χ1) is 18.6. The highest BCUT2D eigenvalue weighted by Crippen LogP contribution is 2.40. The molecule has 0 bridgehead atoms. The number of piperidine rings is 1. The Bertz CT molecular complexity index is 1230. The number of nitrogens with zero attached hydrogens (tertiary/aromatic N) is 5. The minimum absolute atomic E-state index is 0.121. The van der Waals surface area contributed by atoms with Gasteiger partial charge in [0.15, 0.2) is 5.82 Å². The Labute approximate surface area is 232 Å². The van der Waals surface area contributed by atoms with Crippen LogP contribution in [0, 0.1) is 0 Å². The summed E-state index contributed by atoms with van der Waals surface area (Å²) in [7, 11) is 2.21. The molecule has 0 radical (unpaired) electrons. The molecule has 17 heteroatoms. The van der Waals surface area contributed by atoms with Gasteiger partial charge >= 0.3 is 24.3 Å². The number of fused-ring (bicyclic) bond motifs is 2. The lowest BCUT2D eigenvalue weighted by atomic mass is 9.84. The molecule has 3 aromatic heterocycles. The summed E-state index contributed by atoms with van der Waals surface area (Å²) < 4.78 is 66.0. The van der Waals surface area contributed by atoms with Crippen LogP contribution in [0.4, 0.5) is 26.3 Å². The van der Waals surface area contributed by atoms with Gasteiger partial charge in [0.2, 0.25) is 0 Å². The van der Waals surface area contributed by atoms with Gasteiger partial charge in [0.25, 0.3) is 0 Å². The number of thiophene rings is 2. The normalized spacial score (nSPS) is 17.3.